The van der Waals surface area contributed by atoms with E-state index < -0.39 is 0 Å². The molecule has 0 saturated carbocycles. The second-order valence-corrected chi connectivity index (χ2v) is 24.1. The van der Waals surface area contributed by atoms with Gasteiger partial charge in [0.15, 0.2) is 0 Å². The smallest absolute Gasteiger partial charge is 0.102 e. The summed E-state index contributed by atoms with van der Waals surface area (Å²) in [6.45, 7) is 0. The van der Waals surface area contributed by atoms with Crippen LogP contribution in [0.2, 0.25) is 0 Å². The van der Waals surface area contributed by atoms with Crippen molar-refractivity contribution in [1.82, 2.24) is 9.13 Å². The largest absolute Gasteiger partial charge is 0.307 e. The summed E-state index contributed by atoms with van der Waals surface area (Å²) in [7, 11) is 0. The van der Waals surface area contributed by atoms with E-state index in [9.17, 15) is 10.5 Å². The van der Waals surface area contributed by atoms with E-state index in [-0.39, 0.29) is 0 Å². The molecule has 0 spiro atoms. The number of nitriles is 2. The van der Waals surface area contributed by atoms with E-state index in [2.05, 4.69) is 264 Å². The Balaban J connectivity index is 1.11. The van der Waals surface area contributed by atoms with Gasteiger partial charge in [0.25, 0.3) is 0 Å². The zero-order chi connectivity index (χ0) is 57.0. The molecule has 0 bridgehead atoms. The first-order valence-electron chi connectivity index (χ1n) is 28.8. The summed E-state index contributed by atoms with van der Waals surface area (Å²) in [6, 6.07) is 105. The highest BCUT2D eigenvalue weighted by molar-refractivity contribution is 7.27. The van der Waals surface area contributed by atoms with Crippen LogP contribution in [0.1, 0.15) is 11.1 Å². The zero-order valence-corrected chi connectivity index (χ0v) is 47.8. The molecule has 6 heteroatoms. The number of hydrogen-bond acceptors (Lipinski definition) is 4. The number of fused-ring (bicyclic) bond motifs is 14. The molecule has 0 atom stereocenters. The average Bonchev–Trinajstić information content (AvgIpc) is 1.83. The van der Waals surface area contributed by atoms with Gasteiger partial charge in [0, 0.05) is 63.6 Å². The van der Waals surface area contributed by atoms with Gasteiger partial charge in [0.1, 0.15) is 12.1 Å². The van der Waals surface area contributed by atoms with Crippen molar-refractivity contribution in [2.75, 3.05) is 0 Å². The minimum atomic E-state index is 0.410. The third-order valence-electron chi connectivity index (χ3n) is 17.4. The minimum Gasteiger partial charge on any atom is -0.307 e. The third kappa shape index (κ3) is 7.51. The second-order valence-electron chi connectivity index (χ2n) is 22.0. The van der Waals surface area contributed by atoms with Crippen LogP contribution in [0.15, 0.2) is 279 Å². The van der Waals surface area contributed by atoms with E-state index >= 15 is 0 Å². The van der Waals surface area contributed by atoms with Crippen molar-refractivity contribution in [2.24, 2.45) is 0 Å². The van der Waals surface area contributed by atoms with Crippen LogP contribution >= 0.6 is 22.7 Å². The SMILES string of the molecule is N#Cc1c(-c2ccccc2)c(C#N)c(-n2c3c(ccc4c5cc(-c6ccccc6)ccc5sc43)c3ccc4c5cc(-c6ccccc6)ccc5sc4c32)c(-c2ccccc2)c1-n1c2ccccc2c2cc(-c3ccccc3)c(-c3ccccc3)cc21. The molecule has 17 rings (SSSR count). The van der Waals surface area contributed by atoms with Crippen molar-refractivity contribution < 1.29 is 0 Å². The molecule has 0 N–H and O–H groups in total. The summed E-state index contributed by atoms with van der Waals surface area (Å²) in [5, 5.41) is 33.8. The number of aromatic nitrogens is 2. The molecule has 0 amide bonds. The van der Waals surface area contributed by atoms with Crippen LogP contribution < -0.4 is 0 Å². The fraction of sp³-hybridized carbons (Fsp3) is 0. The van der Waals surface area contributed by atoms with E-state index in [0.29, 0.717) is 28.1 Å². The maximum atomic E-state index is 12.5. The molecule has 86 heavy (non-hydrogen) atoms. The lowest BCUT2D eigenvalue weighted by molar-refractivity contribution is 1.13. The first-order valence-corrected chi connectivity index (χ1v) is 30.5. The van der Waals surface area contributed by atoms with Gasteiger partial charge < -0.3 is 9.13 Å². The fourth-order valence-electron chi connectivity index (χ4n) is 13.6. The zero-order valence-electron chi connectivity index (χ0n) is 46.2. The van der Waals surface area contributed by atoms with Crippen molar-refractivity contribution in [3.63, 3.8) is 0 Å². The second kappa shape index (κ2) is 19.8. The van der Waals surface area contributed by atoms with Crippen molar-refractivity contribution >= 4 is 107 Å². The molecule has 4 aromatic heterocycles. The Bertz CT molecular complexity index is 5520. The lowest BCUT2D eigenvalue weighted by atomic mass is 9.86. The lowest BCUT2D eigenvalue weighted by Crippen LogP contribution is -2.11. The molecule has 0 fully saturated rings. The van der Waals surface area contributed by atoms with Gasteiger partial charge in [-0.25, -0.2) is 0 Å². The molecule has 0 aliphatic heterocycles. The normalized spacial score (nSPS) is 11.7. The molecule has 0 radical (unpaired) electrons. The van der Waals surface area contributed by atoms with Crippen molar-refractivity contribution in [1.29, 1.82) is 10.5 Å². The number of nitrogens with zero attached hydrogens (tertiary/aromatic N) is 4. The van der Waals surface area contributed by atoms with Crippen LogP contribution in [-0.2, 0) is 0 Å². The van der Waals surface area contributed by atoms with Crippen molar-refractivity contribution in [3.05, 3.63) is 290 Å². The highest BCUT2D eigenvalue weighted by Gasteiger charge is 2.33. The van der Waals surface area contributed by atoms with E-state index in [1.54, 1.807) is 22.7 Å². The topological polar surface area (TPSA) is 57.4 Å². The summed E-state index contributed by atoms with van der Waals surface area (Å²) in [5.41, 5.74) is 18.2. The molecule has 0 unspecified atom stereocenters. The summed E-state index contributed by atoms with van der Waals surface area (Å²) >= 11 is 3.60. The number of para-hydroxylation sites is 1. The van der Waals surface area contributed by atoms with Gasteiger partial charge in [-0.05, 0) is 98.1 Å². The van der Waals surface area contributed by atoms with Gasteiger partial charge >= 0.3 is 0 Å². The standard InChI is InChI=1S/C80H46N4S2/c81-47-67-73(53-29-15-5-16-30-53)68(48-82)76(74(54-31-17-6-18-32-54)75(67)83-69-34-20-19-33-57(69)64-45-62(51-25-11-3-12-26-51)63(46-70(64)83)52-27-13-4-14-28-52)84-77-58(37-39-60-65-43-55(49-21-7-1-8-22-49)35-41-71(65)85-79(60)77)59-38-40-61-66-44-56(50-23-9-2-10-24-50)36-42-72(66)86-80(61)78(59)84/h1-46H. The quantitative estimate of drug-likeness (QED) is 0.152. The van der Waals surface area contributed by atoms with E-state index in [1.807, 2.05) is 36.4 Å². The van der Waals surface area contributed by atoms with E-state index in [1.165, 1.54) is 20.2 Å². The van der Waals surface area contributed by atoms with Gasteiger partial charge in [-0.15, -0.1) is 22.7 Å². The minimum absolute atomic E-state index is 0.410. The summed E-state index contributed by atoms with van der Waals surface area (Å²) < 4.78 is 9.39. The van der Waals surface area contributed by atoms with E-state index in [4.69, 9.17) is 0 Å². The summed E-state index contributed by atoms with van der Waals surface area (Å²) in [5.74, 6) is 0. The van der Waals surface area contributed by atoms with Crippen LogP contribution in [0.4, 0.5) is 0 Å². The third-order valence-corrected chi connectivity index (χ3v) is 19.8. The summed E-state index contributed by atoms with van der Waals surface area (Å²) in [6.07, 6.45) is 0. The maximum absolute atomic E-state index is 12.5. The Morgan fingerprint density at radius 2 is 0.663 bits per heavy atom. The molecule has 13 aromatic carbocycles. The van der Waals surface area contributed by atoms with Crippen LogP contribution in [0.25, 0.3) is 162 Å². The molecule has 17 aromatic rings. The molecule has 0 saturated heterocycles. The first kappa shape index (κ1) is 49.5. The number of rotatable bonds is 8. The van der Waals surface area contributed by atoms with Gasteiger partial charge in [0.05, 0.1) is 54.0 Å². The van der Waals surface area contributed by atoms with Gasteiger partial charge in [0.2, 0.25) is 0 Å². The molecular weight excluding hydrogens is 1080 g/mol. The summed E-state index contributed by atoms with van der Waals surface area (Å²) in [4.78, 5) is 0. The van der Waals surface area contributed by atoms with Crippen LogP contribution in [-0.4, -0.2) is 9.13 Å². The molecule has 0 aliphatic rings. The maximum Gasteiger partial charge on any atom is 0.102 e. The Labute approximate surface area is 503 Å². The van der Waals surface area contributed by atoms with Crippen molar-refractivity contribution in [3.8, 4) is 90.3 Å². The van der Waals surface area contributed by atoms with Gasteiger partial charge in [-0.1, -0.05) is 237 Å². The molecule has 4 nitrogen and oxygen atoms in total. The van der Waals surface area contributed by atoms with Crippen LogP contribution in [0.3, 0.4) is 0 Å². The lowest BCUT2D eigenvalue weighted by Gasteiger charge is -2.26. The molecule has 0 aliphatic carbocycles. The Morgan fingerprint density at radius 3 is 1.14 bits per heavy atom. The first-order chi connectivity index (χ1) is 42.6. The molecule has 398 valence electrons. The Morgan fingerprint density at radius 1 is 0.267 bits per heavy atom. The van der Waals surface area contributed by atoms with Gasteiger partial charge in [-0.2, -0.15) is 10.5 Å². The van der Waals surface area contributed by atoms with Crippen LogP contribution in [0.5, 0.6) is 0 Å². The van der Waals surface area contributed by atoms with Crippen LogP contribution in [0, 0.1) is 22.7 Å². The predicted octanol–water partition coefficient (Wildman–Crippen LogP) is 22.4. The monoisotopic (exact) mass is 1130 g/mol. The predicted molar refractivity (Wildman–Crippen MR) is 363 cm³/mol. The number of benzene rings is 13. The average molecular weight is 1130 g/mol. The molecule has 4 heterocycles. The Kier molecular flexibility index (Phi) is 11.4. The Hall–Kier alpha value is -11.1. The highest BCUT2D eigenvalue weighted by atomic mass is 32.1. The van der Waals surface area contributed by atoms with Crippen molar-refractivity contribution in [2.45, 2.75) is 0 Å². The van der Waals surface area contributed by atoms with E-state index in [0.717, 1.165) is 125 Å². The highest BCUT2D eigenvalue weighted by Crippen LogP contribution is 2.54. The molecular formula is C80H46N4S2. The fourth-order valence-corrected chi connectivity index (χ4v) is 16.1. The van der Waals surface area contributed by atoms with Gasteiger partial charge in [-0.3, -0.25) is 0 Å². The number of thiophene rings is 2. The number of hydrogen-bond donors (Lipinski definition) is 0.